The molecule has 10 heteroatoms. The van der Waals surface area contributed by atoms with E-state index in [1.54, 1.807) is 12.1 Å². The lowest BCUT2D eigenvalue weighted by Gasteiger charge is -2.31. The molecule has 3 aliphatic carbocycles. The van der Waals surface area contributed by atoms with Gasteiger partial charge in [0, 0.05) is 28.4 Å². The number of carbonyl (C=O) groups excluding carboxylic acids is 1. The molecular weight excluding hydrogens is 606 g/mol. The van der Waals surface area contributed by atoms with Gasteiger partial charge >= 0.3 is 5.97 Å². The Morgan fingerprint density at radius 3 is 2.62 bits per heavy atom. The van der Waals surface area contributed by atoms with E-state index in [1.807, 2.05) is 6.08 Å². The molecule has 0 unspecified atom stereocenters. The first kappa shape index (κ1) is 30.7. The number of hydrogen-bond donors (Lipinski definition) is 3. The van der Waals surface area contributed by atoms with Gasteiger partial charge in [0.1, 0.15) is 0 Å². The molecule has 3 N–H and O–H groups in total. The van der Waals surface area contributed by atoms with Gasteiger partial charge in [-0.25, -0.2) is 13.1 Å². The molecule has 1 aromatic rings. The van der Waals surface area contributed by atoms with Crippen LogP contribution >= 0.6 is 27.5 Å². The lowest BCUT2D eigenvalue weighted by molar-refractivity contribution is -0.140. The summed E-state index contributed by atoms with van der Waals surface area (Å²) in [5.74, 6) is -0.316. The monoisotopic (exact) mass is 643 g/mol. The van der Waals surface area contributed by atoms with E-state index in [-0.39, 0.29) is 41.6 Å². The van der Waals surface area contributed by atoms with E-state index in [1.165, 1.54) is 25.7 Å². The summed E-state index contributed by atoms with van der Waals surface area (Å²) in [6.07, 6.45) is 10.8. The highest BCUT2D eigenvalue weighted by Gasteiger charge is 2.56. The second-order valence-corrected chi connectivity index (χ2v) is 14.5. The molecule has 3 aliphatic rings. The summed E-state index contributed by atoms with van der Waals surface area (Å²) in [5, 5.41) is 22.7. The number of aliphatic hydroxyl groups is 2. The van der Waals surface area contributed by atoms with E-state index in [0.717, 1.165) is 31.3 Å². The number of carbonyl (C=O) groups is 1. The van der Waals surface area contributed by atoms with E-state index in [4.69, 9.17) is 16.3 Å². The first-order valence-corrected chi connectivity index (χ1v) is 16.4. The van der Waals surface area contributed by atoms with Crippen molar-refractivity contribution >= 4 is 43.5 Å². The van der Waals surface area contributed by atoms with Crippen molar-refractivity contribution in [1.82, 2.24) is 4.72 Å². The Bertz CT molecular complexity index is 1180. The van der Waals surface area contributed by atoms with Gasteiger partial charge in [-0.05, 0) is 80.0 Å². The van der Waals surface area contributed by atoms with Gasteiger partial charge in [-0.3, -0.25) is 4.79 Å². The minimum absolute atomic E-state index is 0.0177. The van der Waals surface area contributed by atoms with Crippen molar-refractivity contribution in [1.29, 1.82) is 0 Å². The largest absolute Gasteiger partial charge is 0.469 e. The topological polar surface area (TPSA) is 113 Å². The number of hydrogen-bond acceptors (Lipinski definition) is 6. The highest BCUT2D eigenvalue weighted by Crippen LogP contribution is 2.59. The number of halogens is 2. The normalized spacial score (nSPS) is 29.9. The number of esters is 1. The number of allylic oxidation sites excluding steroid dienone is 2. The van der Waals surface area contributed by atoms with Gasteiger partial charge in [-0.1, -0.05) is 64.5 Å². The van der Waals surface area contributed by atoms with Crippen LogP contribution in [0.4, 0.5) is 0 Å². The minimum Gasteiger partial charge on any atom is -0.469 e. The van der Waals surface area contributed by atoms with Crippen LogP contribution in [0.2, 0.25) is 5.02 Å². The number of nitrogens with one attached hydrogen (secondary N) is 1. The molecule has 3 saturated carbocycles. The molecule has 0 bridgehead atoms. The first-order valence-electron chi connectivity index (χ1n) is 13.8. The van der Waals surface area contributed by atoms with E-state index < -0.39 is 27.6 Å². The fraction of sp³-hybridized carbons (Fsp3) is 0.621. The number of ether oxygens (including phenoxy) is 1. The zero-order valence-electron chi connectivity index (χ0n) is 22.3. The number of rotatable bonds is 10. The third-order valence-corrected chi connectivity index (χ3v) is 11.3. The molecule has 39 heavy (non-hydrogen) atoms. The van der Waals surface area contributed by atoms with Crippen molar-refractivity contribution in [3.8, 4) is 0 Å². The van der Waals surface area contributed by atoms with Crippen molar-refractivity contribution < 1.29 is 28.2 Å². The quantitative estimate of drug-likeness (QED) is 0.229. The van der Waals surface area contributed by atoms with Crippen LogP contribution in [0.5, 0.6) is 0 Å². The van der Waals surface area contributed by atoms with Gasteiger partial charge in [-0.15, -0.1) is 0 Å². The lowest BCUT2D eigenvalue weighted by Crippen LogP contribution is -2.38. The van der Waals surface area contributed by atoms with Gasteiger partial charge in [0.15, 0.2) is 0 Å². The first-order chi connectivity index (χ1) is 18.5. The van der Waals surface area contributed by atoms with Crippen LogP contribution in [0.15, 0.2) is 51.4 Å². The highest BCUT2D eigenvalue weighted by atomic mass is 79.9. The van der Waals surface area contributed by atoms with Crippen LogP contribution in [-0.4, -0.2) is 50.5 Å². The van der Waals surface area contributed by atoms with Crippen LogP contribution in [0.25, 0.3) is 0 Å². The van der Waals surface area contributed by atoms with Crippen LogP contribution < -0.4 is 4.72 Å². The summed E-state index contributed by atoms with van der Waals surface area (Å²) in [4.78, 5) is 11.8. The van der Waals surface area contributed by atoms with Gasteiger partial charge in [0.25, 0.3) is 0 Å². The minimum atomic E-state index is -3.78. The predicted octanol–water partition coefficient (Wildman–Crippen LogP) is 5.50. The molecule has 0 saturated heterocycles. The summed E-state index contributed by atoms with van der Waals surface area (Å²) in [6, 6.07) is 6.05. The second kappa shape index (κ2) is 13.2. The molecule has 0 amide bonds. The van der Waals surface area contributed by atoms with Gasteiger partial charge in [0.2, 0.25) is 10.0 Å². The Morgan fingerprint density at radius 2 is 1.95 bits per heavy atom. The number of aliphatic hydroxyl groups excluding tert-OH is 2. The number of sulfonamides is 1. The summed E-state index contributed by atoms with van der Waals surface area (Å²) >= 11 is 9.57. The number of benzene rings is 1. The van der Waals surface area contributed by atoms with E-state index in [2.05, 4.69) is 26.7 Å². The molecule has 216 valence electrons. The van der Waals surface area contributed by atoms with Crippen LogP contribution in [0, 0.1) is 23.2 Å². The molecule has 7 nitrogen and oxygen atoms in total. The van der Waals surface area contributed by atoms with Crippen molar-refractivity contribution in [2.75, 3.05) is 13.7 Å². The molecule has 0 aliphatic heterocycles. The molecule has 0 aromatic heterocycles. The zero-order chi connectivity index (χ0) is 28.2. The average Bonchev–Trinajstić information content (AvgIpc) is 3.39. The van der Waals surface area contributed by atoms with Crippen LogP contribution in [0.1, 0.15) is 64.2 Å². The predicted molar refractivity (Wildman–Crippen MR) is 155 cm³/mol. The summed E-state index contributed by atoms with van der Waals surface area (Å²) in [5.41, 5.74) is 0.670. The Labute approximate surface area is 245 Å². The second-order valence-electron chi connectivity index (χ2n) is 11.3. The van der Waals surface area contributed by atoms with E-state index in [0.29, 0.717) is 35.2 Å². The maximum absolute atomic E-state index is 13.1. The molecule has 0 radical (unpaired) electrons. The third kappa shape index (κ3) is 7.35. The third-order valence-electron chi connectivity index (χ3n) is 8.85. The summed E-state index contributed by atoms with van der Waals surface area (Å²) in [7, 11) is -2.41. The Morgan fingerprint density at radius 1 is 1.26 bits per heavy atom. The maximum Gasteiger partial charge on any atom is 0.305 e. The Balaban J connectivity index is 1.56. The smallest absolute Gasteiger partial charge is 0.305 e. The molecule has 1 aromatic carbocycles. The number of fused-ring (bicyclic) bond motifs is 1. The van der Waals surface area contributed by atoms with Gasteiger partial charge in [0.05, 0.1) is 24.2 Å². The molecule has 4 rings (SSSR count). The van der Waals surface area contributed by atoms with Gasteiger partial charge < -0.3 is 14.9 Å². The molecular formula is C29H39BrClNO6S. The van der Waals surface area contributed by atoms with E-state index in [9.17, 15) is 23.4 Å². The van der Waals surface area contributed by atoms with Crippen LogP contribution in [-0.2, 0) is 19.6 Å². The molecule has 0 spiro atoms. The van der Waals surface area contributed by atoms with E-state index >= 15 is 0 Å². The zero-order valence-corrected chi connectivity index (χ0v) is 25.5. The average molecular weight is 645 g/mol. The van der Waals surface area contributed by atoms with Crippen molar-refractivity contribution in [2.24, 2.45) is 23.2 Å². The standard InChI is InChI=1S/C29H39BrClNO6S/c1-38-27(34)9-5-6-19-14-24-23(15-25(30)28(35)20-7-3-2-4-8-20)26(33)17-29(24,16-19)18-32-39(36,37)22-12-10-21(31)11-13-22/h6,10-13,15,20,23-24,26,28,32-33,35H,2-5,7-9,14,16-18H2,1H3/b19-6-,25-15-/t23-,24-,26-,28+,29+/m1/s1. The summed E-state index contributed by atoms with van der Waals surface area (Å²) < 4.78 is 34.5. The van der Waals surface area contributed by atoms with Crippen molar-refractivity contribution in [3.05, 3.63) is 51.5 Å². The fourth-order valence-corrected chi connectivity index (χ4v) is 8.72. The van der Waals surface area contributed by atoms with Crippen molar-refractivity contribution in [2.45, 2.75) is 81.3 Å². The SMILES string of the molecule is COC(=O)CC/C=C1/C[C@@H]2[C@@H](/C=C(\Br)[C@@H](O)C3CCCCC3)[C@H](O)C[C@]2(CNS(=O)(=O)c2ccc(Cl)cc2)C1. The highest BCUT2D eigenvalue weighted by molar-refractivity contribution is 9.11. The lowest BCUT2D eigenvalue weighted by atomic mass is 9.78. The Hall–Kier alpha value is -1.23. The maximum atomic E-state index is 13.1. The Kier molecular flexibility index (Phi) is 10.4. The van der Waals surface area contributed by atoms with Crippen LogP contribution in [0.3, 0.4) is 0 Å². The molecule has 0 heterocycles. The fourth-order valence-electron chi connectivity index (χ4n) is 6.78. The summed E-state index contributed by atoms with van der Waals surface area (Å²) in [6.45, 7) is 0.182. The molecule has 3 fully saturated rings. The van der Waals surface area contributed by atoms with Gasteiger partial charge in [-0.2, -0.15) is 0 Å². The molecule has 5 atom stereocenters. The number of methoxy groups -OCH3 is 1. The van der Waals surface area contributed by atoms with Crippen molar-refractivity contribution in [3.63, 3.8) is 0 Å².